The average Bonchev–Trinajstić information content (AvgIpc) is 2.74. The lowest BCUT2D eigenvalue weighted by Crippen LogP contribution is -2.50. The Morgan fingerprint density at radius 3 is 2.95 bits per heavy atom. The second kappa shape index (κ2) is 5.63. The Labute approximate surface area is 123 Å². The average molecular weight is 325 g/mol. The van der Waals surface area contributed by atoms with E-state index in [1.807, 2.05) is 37.1 Å². The summed E-state index contributed by atoms with van der Waals surface area (Å²) in [5.41, 5.74) is 1.77. The molecule has 1 aliphatic heterocycles. The highest BCUT2D eigenvalue weighted by Crippen LogP contribution is 2.31. The Morgan fingerprint density at radius 1 is 1.53 bits per heavy atom. The van der Waals surface area contributed by atoms with E-state index in [4.69, 9.17) is 0 Å². The Morgan fingerprint density at radius 2 is 2.26 bits per heavy atom. The molecule has 1 heterocycles. The second-order valence-corrected chi connectivity index (χ2v) is 6.46. The first kappa shape index (κ1) is 14.5. The third kappa shape index (κ3) is 2.84. The van der Waals surface area contributed by atoms with Gasteiger partial charge in [0.15, 0.2) is 0 Å². The summed E-state index contributed by atoms with van der Waals surface area (Å²) in [4.78, 5) is 14.8. The van der Waals surface area contributed by atoms with Gasteiger partial charge in [-0.3, -0.25) is 4.79 Å². The van der Waals surface area contributed by atoms with Crippen LogP contribution in [0.3, 0.4) is 0 Å². The lowest BCUT2D eigenvalue weighted by Gasteiger charge is -2.35. The van der Waals surface area contributed by atoms with Crippen molar-refractivity contribution in [3.05, 3.63) is 33.8 Å². The molecule has 0 aromatic heterocycles. The molecule has 1 amide bonds. The molecule has 1 aromatic carbocycles. The number of hydrogen-bond donors (Lipinski definition) is 1. The van der Waals surface area contributed by atoms with Gasteiger partial charge in [-0.25, -0.2) is 0 Å². The second-order valence-electron chi connectivity index (χ2n) is 5.55. The van der Waals surface area contributed by atoms with Crippen molar-refractivity contribution >= 4 is 21.8 Å². The number of carbonyl (C=O) groups excluding carboxylic acids is 1. The van der Waals surface area contributed by atoms with Gasteiger partial charge < -0.3 is 10.2 Å². The van der Waals surface area contributed by atoms with Gasteiger partial charge >= 0.3 is 0 Å². The fourth-order valence-electron chi connectivity index (χ4n) is 2.90. The molecule has 0 spiro atoms. The van der Waals surface area contributed by atoms with Gasteiger partial charge in [-0.05, 0) is 51.4 Å². The number of aryl methyl sites for hydroxylation is 1. The van der Waals surface area contributed by atoms with E-state index in [0.717, 1.165) is 41.5 Å². The molecule has 0 radical (unpaired) electrons. The maximum atomic E-state index is 12.8. The molecule has 3 nitrogen and oxygen atoms in total. The predicted molar refractivity (Wildman–Crippen MR) is 81.5 cm³/mol. The normalized spacial score (nSPS) is 22.8. The first-order valence-corrected chi connectivity index (χ1v) is 7.50. The number of likely N-dealkylation sites (tertiary alicyclic amines) is 1. The van der Waals surface area contributed by atoms with Crippen LogP contribution in [0.5, 0.6) is 0 Å². The van der Waals surface area contributed by atoms with E-state index in [9.17, 15) is 4.79 Å². The zero-order valence-electron chi connectivity index (χ0n) is 11.8. The van der Waals surface area contributed by atoms with Crippen LogP contribution in [0.4, 0.5) is 0 Å². The topological polar surface area (TPSA) is 32.3 Å². The summed E-state index contributed by atoms with van der Waals surface area (Å²) < 4.78 is 0.955. The van der Waals surface area contributed by atoms with Crippen LogP contribution in [0.1, 0.15) is 35.7 Å². The van der Waals surface area contributed by atoms with Crippen molar-refractivity contribution < 1.29 is 4.79 Å². The molecule has 1 aromatic rings. The standard InChI is InChI=1S/C15H21BrN2O/c1-11-5-6-12(16)9-13(11)14(19)18-8-4-7-15(18,2)10-17-3/h5-6,9,17H,4,7-8,10H2,1-3H3. The van der Waals surface area contributed by atoms with E-state index in [1.165, 1.54) is 0 Å². The molecule has 0 aliphatic carbocycles. The number of amides is 1. The first-order chi connectivity index (χ1) is 8.98. The van der Waals surface area contributed by atoms with Crippen LogP contribution in [-0.4, -0.2) is 36.5 Å². The first-order valence-electron chi connectivity index (χ1n) is 6.71. The van der Waals surface area contributed by atoms with Crippen LogP contribution in [0.2, 0.25) is 0 Å². The van der Waals surface area contributed by atoms with Gasteiger partial charge in [0.25, 0.3) is 5.91 Å². The van der Waals surface area contributed by atoms with Gasteiger partial charge in [0.2, 0.25) is 0 Å². The van der Waals surface area contributed by atoms with E-state index in [1.54, 1.807) is 0 Å². The Balaban J connectivity index is 2.30. The van der Waals surface area contributed by atoms with Crippen LogP contribution in [0, 0.1) is 6.92 Å². The smallest absolute Gasteiger partial charge is 0.254 e. The number of carbonyl (C=O) groups is 1. The minimum absolute atomic E-state index is 0.0689. The van der Waals surface area contributed by atoms with Gasteiger partial charge in [0.1, 0.15) is 0 Å². The van der Waals surface area contributed by atoms with Crippen molar-refractivity contribution in [2.24, 2.45) is 0 Å². The highest BCUT2D eigenvalue weighted by molar-refractivity contribution is 9.10. The quantitative estimate of drug-likeness (QED) is 0.927. The summed E-state index contributed by atoms with van der Waals surface area (Å²) in [5.74, 6) is 0.147. The third-order valence-electron chi connectivity index (χ3n) is 3.98. The van der Waals surface area contributed by atoms with E-state index < -0.39 is 0 Å². The molecule has 19 heavy (non-hydrogen) atoms. The molecule has 1 fully saturated rings. The number of halogens is 1. The van der Waals surface area contributed by atoms with Gasteiger partial charge in [-0.2, -0.15) is 0 Å². The third-order valence-corrected chi connectivity index (χ3v) is 4.47. The van der Waals surface area contributed by atoms with Crippen LogP contribution in [0.25, 0.3) is 0 Å². The largest absolute Gasteiger partial charge is 0.332 e. The molecule has 1 atom stereocenters. The van der Waals surface area contributed by atoms with Crippen molar-refractivity contribution in [2.75, 3.05) is 20.1 Å². The summed E-state index contributed by atoms with van der Waals surface area (Å²) in [6.45, 7) is 5.85. The molecular weight excluding hydrogens is 304 g/mol. The van der Waals surface area contributed by atoms with Crippen LogP contribution in [-0.2, 0) is 0 Å². The van der Waals surface area contributed by atoms with Gasteiger partial charge in [-0.15, -0.1) is 0 Å². The van der Waals surface area contributed by atoms with E-state index in [2.05, 4.69) is 28.2 Å². The van der Waals surface area contributed by atoms with Crippen molar-refractivity contribution in [1.29, 1.82) is 0 Å². The molecule has 104 valence electrons. The van der Waals surface area contributed by atoms with Crippen molar-refractivity contribution in [1.82, 2.24) is 10.2 Å². The Hall–Kier alpha value is -0.870. The molecule has 1 unspecified atom stereocenters. The maximum Gasteiger partial charge on any atom is 0.254 e. The monoisotopic (exact) mass is 324 g/mol. The molecule has 1 N–H and O–H groups in total. The highest BCUT2D eigenvalue weighted by Gasteiger charge is 2.39. The van der Waals surface area contributed by atoms with Crippen molar-refractivity contribution in [3.8, 4) is 0 Å². The molecule has 0 saturated carbocycles. The molecule has 4 heteroatoms. The molecule has 0 bridgehead atoms. The Bertz CT molecular complexity index is 489. The van der Waals surface area contributed by atoms with E-state index in [-0.39, 0.29) is 11.4 Å². The number of nitrogens with zero attached hydrogens (tertiary/aromatic N) is 1. The van der Waals surface area contributed by atoms with Gasteiger partial charge in [0, 0.05) is 23.1 Å². The molecule has 1 aliphatic rings. The van der Waals surface area contributed by atoms with Crippen molar-refractivity contribution in [2.45, 2.75) is 32.2 Å². The summed E-state index contributed by atoms with van der Waals surface area (Å²) in [6, 6.07) is 5.89. The zero-order valence-corrected chi connectivity index (χ0v) is 13.4. The summed E-state index contributed by atoms with van der Waals surface area (Å²) in [5, 5.41) is 3.21. The van der Waals surface area contributed by atoms with Gasteiger partial charge in [0.05, 0.1) is 5.54 Å². The predicted octanol–water partition coefficient (Wildman–Crippen LogP) is 2.97. The fraction of sp³-hybridized carbons (Fsp3) is 0.533. The van der Waals surface area contributed by atoms with E-state index in [0.29, 0.717) is 0 Å². The maximum absolute atomic E-state index is 12.8. The lowest BCUT2D eigenvalue weighted by atomic mass is 9.97. The molecule has 1 saturated heterocycles. The van der Waals surface area contributed by atoms with Crippen LogP contribution >= 0.6 is 15.9 Å². The van der Waals surface area contributed by atoms with Crippen molar-refractivity contribution in [3.63, 3.8) is 0 Å². The lowest BCUT2D eigenvalue weighted by molar-refractivity contribution is 0.0625. The fourth-order valence-corrected chi connectivity index (χ4v) is 3.27. The SMILES string of the molecule is CNCC1(C)CCCN1C(=O)c1cc(Br)ccc1C. The number of benzene rings is 1. The summed E-state index contributed by atoms with van der Waals surface area (Å²) in [7, 11) is 1.94. The highest BCUT2D eigenvalue weighted by atomic mass is 79.9. The Kier molecular flexibility index (Phi) is 4.31. The minimum Gasteiger partial charge on any atom is -0.332 e. The molecular formula is C15H21BrN2O. The summed E-state index contributed by atoms with van der Waals surface area (Å²) in [6.07, 6.45) is 2.14. The number of rotatable bonds is 3. The van der Waals surface area contributed by atoms with Crippen LogP contribution in [0.15, 0.2) is 22.7 Å². The molecule has 2 rings (SSSR count). The minimum atomic E-state index is -0.0689. The van der Waals surface area contributed by atoms with Crippen LogP contribution < -0.4 is 5.32 Å². The number of hydrogen-bond acceptors (Lipinski definition) is 2. The summed E-state index contributed by atoms with van der Waals surface area (Å²) >= 11 is 3.45. The number of nitrogens with one attached hydrogen (secondary N) is 1. The van der Waals surface area contributed by atoms with Gasteiger partial charge in [-0.1, -0.05) is 22.0 Å². The number of likely N-dealkylation sites (N-methyl/N-ethyl adjacent to an activating group) is 1. The zero-order chi connectivity index (χ0) is 14.0. The van der Waals surface area contributed by atoms with E-state index >= 15 is 0 Å².